The van der Waals surface area contributed by atoms with Gasteiger partial charge in [-0.2, -0.15) is 5.10 Å². The second kappa shape index (κ2) is 5.36. The van der Waals surface area contributed by atoms with Crippen molar-refractivity contribution in [1.82, 2.24) is 9.78 Å². The number of nitrogens with two attached hydrogens (primary N) is 1. The second-order valence-electron chi connectivity index (χ2n) is 4.27. The molecule has 1 heterocycles. The van der Waals surface area contributed by atoms with Gasteiger partial charge in [0.1, 0.15) is 11.6 Å². The molecule has 1 unspecified atom stereocenters. The van der Waals surface area contributed by atoms with Gasteiger partial charge in [0.25, 0.3) is 0 Å². The Labute approximate surface area is 109 Å². The van der Waals surface area contributed by atoms with Crippen LogP contribution >= 0.6 is 0 Å². The van der Waals surface area contributed by atoms with Crippen molar-refractivity contribution < 1.29 is 13.5 Å². The van der Waals surface area contributed by atoms with E-state index < -0.39 is 17.7 Å². The van der Waals surface area contributed by atoms with E-state index in [9.17, 15) is 8.78 Å². The summed E-state index contributed by atoms with van der Waals surface area (Å²) < 4.78 is 33.2. The fourth-order valence-corrected chi connectivity index (χ4v) is 2.03. The molecular formula is C13H15F2N3O. The van der Waals surface area contributed by atoms with E-state index >= 15 is 0 Å². The Hall–Kier alpha value is -1.95. The van der Waals surface area contributed by atoms with Crippen LogP contribution in [0.5, 0.6) is 5.75 Å². The van der Waals surface area contributed by atoms with Crippen molar-refractivity contribution >= 4 is 0 Å². The second-order valence-corrected chi connectivity index (χ2v) is 4.27. The van der Waals surface area contributed by atoms with Crippen molar-refractivity contribution in [2.24, 2.45) is 12.8 Å². The smallest absolute Gasteiger partial charge is 0.161 e. The Balaban J connectivity index is 2.25. The predicted molar refractivity (Wildman–Crippen MR) is 66.8 cm³/mol. The molecule has 0 fully saturated rings. The summed E-state index contributed by atoms with van der Waals surface area (Å²) in [6, 6.07) is 2.98. The molecule has 2 aromatic rings. The first-order chi connectivity index (χ1) is 9.02. The first-order valence-corrected chi connectivity index (χ1v) is 5.78. The fraction of sp³-hybridized carbons (Fsp3) is 0.308. The van der Waals surface area contributed by atoms with Crippen molar-refractivity contribution in [3.05, 3.63) is 47.3 Å². The number of hydrogen-bond donors (Lipinski definition) is 1. The molecular weight excluding hydrogens is 252 g/mol. The van der Waals surface area contributed by atoms with Gasteiger partial charge in [-0.3, -0.25) is 4.68 Å². The van der Waals surface area contributed by atoms with Crippen LogP contribution in [0.4, 0.5) is 8.78 Å². The molecule has 4 nitrogen and oxygen atoms in total. The number of hydrogen-bond acceptors (Lipinski definition) is 3. The van der Waals surface area contributed by atoms with Crippen LogP contribution in [0.3, 0.4) is 0 Å². The summed E-state index contributed by atoms with van der Waals surface area (Å²) in [5.41, 5.74) is 7.09. The number of methoxy groups -OCH3 is 1. The predicted octanol–water partition coefficient (Wildman–Crippen LogP) is 1.95. The van der Waals surface area contributed by atoms with Crippen molar-refractivity contribution in [3.8, 4) is 5.75 Å². The van der Waals surface area contributed by atoms with E-state index in [4.69, 9.17) is 10.5 Å². The average Bonchev–Trinajstić information content (AvgIpc) is 2.74. The summed E-state index contributed by atoms with van der Waals surface area (Å²) in [7, 11) is 3.25. The van der Waals surface area contributed by atoms with Gasteiger partial charge in [-0.25, -0.2) is 8.78 Å². The summed E-state index contributed by atoms with van der Waals surface area (Å²) in [4.78, 5) is 0. The summed E-state index contributed by atoms with van der Waals surface area (Å²) in [6.45, 7) is 0. The van der Waals surface area contributed by atoms with E-state index in [0.29, 0.717) is 17.0 Å². The number of rotatable bonds is 4. The summed E-state index contributed by atoms with van der Waals surface area (Å²) in [5.74, 6) is -0.651. The monoisotopic (exact) mass is 267 g/mol. The van der Waals surface area contributed by atoms with Crippen LogP contribution in [0.25, 0.3) is 0 Å². The zero-order valence-corrected chi connectivity index (χ0v) is 10.7. The van der Waals surface area contributed by atoms with Crippen LogP contribution in [0, 0.1) is 11.6 Å². The lowest BCUT2D eigenvalue weighted by atomic mass is 10.0. The third-order valence-electron chi connectivity index (χ3n) is 2.98. The number of benzene rings is 1. The molecule has 0 aliphatic heterocycles. The van der Waals surface area contributed by atoms with E-state index in [-0.39, 0.29) is 6.42 Å². The van der Waals surface area contributed by atoms with Crippen LogP contribution in [0.2, 0.25) is 0 Å². The maximum absolute atomic E-state index is 13.6. The third kappa shape index (κ3) is 2.73. The highest BCUT2D eigenvalue weighted by Crippen LogP contribution is 2.26. The van der Waals surface area contributed by atoms with Crippen molar-refractivity contribution in [2.45, 2.75) is 12.5 Å². The maximum Gasteiger partial charge on any atom is 0.161 e. The summed E-state index contributed by atoms with van der Waals surface area (Å²) >= 11 is 0. The molecule has 0 saturated heterocycles. The highest BCUT2D eigenvalue weighted by atomic mass is 19.1. The Kier molecular flexibility index (Phi) is 3.80. The van der Waals surface area contributed by atoms with E-state index in [1.54, 1.807) is 17.9 Å². The zero-order valence-electron chi connectivity index (χ0n) is 10.7. The molecule has 0 radical (unpaired) electrons. The molecule has 1 aromatic heterocycles. The standard InChI is InChI=1S/C13H15F2N3O/c1-18-13(12(19-2)7-17-18)11(16)5-8-3-4-9(14)6-10(8)15/h3-4,6-7,11H,5,16H2,1-2H3. The lowest BCUT2D eigenvalue weighted by Crippen LogP contribution is -2.18. The van der Waals surface area contributed by atoms with Crippen molar-refractivity contribution in [1.29, 1.82) is 0 Å². The topological polar surface area (TPSA) is 53.1 Å². The summed E-state index contributed by atoms with van der Waals surface area (Å²) in [5, 5.41) is 4.04. The van der Waals surface area contributed by atoms with E-state index in [0.717, 1.165) is 6.07 Å². The van der Waals surface area contributed by atoms with Crippen molar-refractivity contribution in [3.63, 3.8) is 0 Å². The number of aromatic nitrogens is 2. The molecule has 0 saturated carbocycles. The molecule has 0 amide bonds. The minimum atomic E-state index is -0.604. The minimum absolute atomic E-state index is 0.238. The number of halogens is 2. The van der Waals surface area contributed by atoms with Gasteiger partial charge in [-0.05, 0) is 18.1 Å². The quantitative estimate of drug-likeness (QED) is 0.921. The van der Waals surface area contributed by atoms with Gasteiger partial charge in [-0.1, -0.05) is 6.07 Å². The van der Waals surface area contributed by atoms with Gasteiger partial charge in [0, 0.05) is 13.1 Å². The van der Waals surface area contributed by atoms with Gasteiger partial charge in [-0.15, -0.1) is 0 Å². The first-order valence-electron chi connectivity index (χ1n) is 5.78. The highest BCUT2D eigenvalue weighted by molar-refractivity contribution is 5.30. The van der Waals surface area contributed by atoms with Crippen molar-refractivity contribution in [2.75, 3.05) is 7.11 Å². The molecule has 0 aliphatic rings. The average molecular weight is 267 g/mol. The highest BCUT2D eigenvalue weighted by Gasteiger charge is 2.19. The van der Waals surface area contributed by atoms with Crippen LogP contribution in [-0.2, 0) is 13.5 Å². The molecule has 102 valence electrons. The van der Waals surface area contributed by atoms with Gasteiger partial charge in [0.2, 0.25) is 0 Å². The van der Waals surface area contributed by atoms with Gasteiger partial charge in [0.15, 0.2) is 5.75 Å². The molecule has 19 heavy (non-hydrogen) atoms. The molecule has 0 aliphatic carbocycles. The van der Waals surface area contributed by atoms with E-state index in [1.807, 2.05) is 0 Å². The Morgan fingerprint density at radius 3 is 2.79 bits per heavy atom. The van der Waals surface area contributed by atoms with E-state index in [2.05, 4.69) is 5.10 Å². The minimum Gasteiger partial charge on any atom is -0.493 e. The lowest BCUT2D eigenvalue weighted by Gasteiger charge is -2.14. The largest absolute Gasteiger partial charge is 0.493 e. The van der Waals surface area contributed by atoms with Gasteiger partial charge < -0.3 is 10.5 Å². The molecule has 1 aromatic carbocycles. The molecule has 0 bridgehead atoms. The number of aryl methyl sites for hydroxylation is 1. The molecule has 1 atom stereocenters. The van der Waals surface area contributed by atoms with Crippen LogP contribution in [0.1, 0.15) is 17.3 Å². The molecule has 6 heteroatoms. The summed E-state index contributed by atoms with van der Waals surface area (Å²) in [6.07, 6.45) is 1.79. The zero-order chi connectivity index (χ0) is 14.0. The maximum atomic E-state index is 13.6. The Morgan fingerprint density at radius 1 is 1.42 bits per heavy atom. The van der Waals surface area contributed by atoms with Gasteiger partial charge in [0.05, 0.1) is 25.0 Å². The molecule has 2 rings (SSSR count). The molecule has 2 N–H and O–H groups in total. The third-order valence-corrected chi connectivity index (χ3v) is 2.98. The number of nitrogens with zero attached hydrogens (tertiary/aromatic N) is 2. The van der Waals surface area contributed by atoms with Crippen LogP contribution in [0.15, 0.2) is 24.4 Å². The Bertz CT molecular complexity index is 583. The number of ether oxygens (including phenoxy) is 1. The van der Waals surface area contributed by atoms with Crippen LogP contribution in [-0.4, -0.2) is 16.9 Å². The Morgan fingerprint density at radius 2 is 2.16 bits per heavy atom. The van der Waals surface area contributed by atoms with Gasteiger partial charge >= 0.3 is 0 Å². The molecule has 0 spiro atoms. The van der Waals surface area contributed by atoms with Crippen LogP contribution < -0.4 is 10.5 Å². The SMILES string of the molecule is COc1cnn(C)c1C(N)Cc1ccc(F)cc1F. The fourth-order valence-electron chi connectivity index (χ4n) is 2.03. The normalized spacial score (nSPS) is 12.5. The van der Waals surface area contributed by atoms with E-state index in [1.165, 1.54) is 19.2 Å². The first kappa shape index (κ1) is 13.5. The lowest BCUT2D eigenvalue weighted by molar-refractivity contribution is 0.402.